The normalized spacial score (nSPS) is 48.2. The summed E-state index contributed by atoms with van der Waals surface area (Å²) in [5.74, 6) is 3.37. The van der Waals surface area contributed by atoms with Crippen molar-refractivity contribution in [3.63, 3.8) is 0 Å². The third-order valence-corrected chi connectivity index (χ3v) is 11.0. The third-order valence-electron chi connectivity index (χ3n) is 11.0. The average molecular weight is 445 g/mol. The molecule has 0 aromatic rings. The maximum Gasteiger partial charge on any atom is 0.0916 e. The Balaban J connectivity index is 1.60. The van der Waals surface area contributed by atoms with E-state index in [-0.39, 0.29) is 16.9 Å². The third kappa shape index (κ3) is 3.57. The summed E-state index contributed by atoms with van der Waals surface area (Å²) >= 11 is 0. The second-order valence-electron chi connectivity index (χ2n) is 12.7. The van der Waals surface area contributed by atoms with E-state index in [1.54, 1.807) is 7.11 Å². The van der Waals surface area contributed by atoms with Gasteiger partial charge in [0.05, 0.1) is 17.8 Å². The van der Waals surface area contributed by atoms with E-state index in [4.69, 9.17) is 4.74 Å². The Bertz CT molecular complexity index is 756. The van der Waals surface area contributed by atoms with Gasteiger partial charge in [-0.3, -0.25) is 0 Å². The fourth-order valence-electron chi connectivity index (χ4n) is 8.31. The first-order valence-electron chi connectivity index (χ1n) is 13.3. The molecule has 0 saturated heterocycles. The molecule has 3 fully saturated rings. The summed E-state index contributed by atoms with van der Waals surface area (Å²) in [7, 11) is 1.70. The van der Waals surface area contributed by atoms with E-state index in [0.717, 1.165) is 32.1 Å². The van der Waals surface area contributed by atoms with Gasteiger partial charge in [-0.05, 0) is 91.4 Å². The van der Waals surface area contributed by atoms with Crippen LogP contribution in [0.15, 0.2) is 23.8 Å². The highest BCUT2D eigenvalue weighted by atomic mass is 16.5. The van der Waals surface area contributed by atoms with Crippen molar-refractivity contribution in [2.24, 2.45) is 46.3 Å². The van der Waals surface area contributed by atoms with E-state index in [0.29, 0.717) is 35.5 Å². The molecule has 182 valence electrons. The van der Waals surface area contributed by atoms with E-state index in [1.807, 2.05) is 0 Å². The highest BCUT2D eigenvalue weighted by molar-refractivity contribution is 5.35. The van der Waals surface area contributed by atoms with Gasteiger partial charge in [-0.25, -0.2) is 0 Å². The number of aliphatic hydroxyl groups excluding tert-OH is 1. The number of ether oxygens (including phenoxy) is 1. The molecule has 4 aliphatic rings. The first-order chi connectivity index (χ1) is 15.0. The molecule has 10 atom stereocenters. The van der Waals surface area contributed by atoms with Crippen molar-refractivity contribution in [2.45, 2.75) is 104 Å². The summed E-state index contributed by atoms with van der Waals surface area (Å²) < 4.78 is 5.67. The van der Waals surface area contributed by atoms with Crippen molar-refractivity contribution in [1.29, 1.82) is 0 Å². The Morgan fingerprint density at radius 2 is 1.81 bits per heavy atom. The van der Waals surface area contributed by atoms with Crippen LogP contribution >= 0.6 is 0 Å². The van der Waals surface area contributed by atoms with Gasteiger partial charge in [0, 0.05) is 12.5 Å². The molecule has 0 bridgehead atoms. The number of methoxy groups -OCH3 is 1. The largest absolute Gasteiger partial charge is 0.390 e. The Labute approximate surface area is 196 Å². The van der Waals surface area contributed by atoms with Crippen LogP contribution in [-0.4, -0.2) is 35.1 Å². The number of aliphatic hydroxyl groups is 2. The number of allylic oxidation sites excluding steroid dienone is 3. The van der Waals surface area contributed by atoms with Crippen molar-refractivity contribution in [3.05, 3.63) is 23.8 Å². The van der Waals surface area contributed by atoms with Crippen molar-refractivity contribution in [3.8, 4) is 0 Å². The van der Waals surface area contributed by atoms with Gasteiger partial charge in [0.1, 0.15) is 0 Å². The van der Waals surface area contributed by atoms with Crippen LogP contribution in [0.4, 0.5) is 0 Å². The zero-order valence-electron chi connectivity index (χ0n) is 21.6. The molecule has 3 heteroatoms. The van der Waals surface area contributed by atoms with Gasteiger partial charge in [-0.2, -0.15) is 0 Å². The van der Waals surface area contributed by atoms with Crippen molar-refractivity contribution in [2.75, 3.05) is 7.11 Å². The lowest BCUT2D eigenvalue weighted by atomic mass is 9.45. The van der Waals surface area contributed by atoms with E-state index >= 15 is 0 Å². The topological polar surface area (TPSA) is 49.7 Å². The predicted molar refractivity (Wildman–Crippen MR) is 131 cm³/mol. The molecule has 0 aromatic heterocycles. The Morgan fingerprint density at radius 3 is 2.47 bits per heavy atom. The Kier molecular flexibility index (Phi) is 6.53. The van der Waals surface area contributed by atoms with Crippen molar-refractivity contribution >= 4 is 0 Å². The minimum Gasteiger partial charge on any atom is -0.390 e. The fraction of sp³-hybridized carbons (Fsp3) is 0.862. The predicted octanol–water partition coefficient (Wildman–Crippen LogP) is 6.15. The maximum atomic E-state index is 12.3. The van der Waals surface area contributed by atoms with Gasteiger partial charge >= 0.3 is 0 Å². The molecule has 0 heterocycles. The van der Waals surface area contributed by atoms with Gasteiger partial charge < -0.3 is 14.9 Å². The van der Waals surface area contributed by atoms with E-state index in [2.05, 4.69) is 59.8 Å². The summed E-state index contributed by atoms with van der Waals surface area (Å²) in [4.78, 5) is 0. The molecule has 3 nitrogen and oxygen atoms in total. The molecule has 0 radical (unpaired) electrons. The number of hydrogen-bond donors (Lipinski definition) is 2. The Hall–Kier alpha value is -0.640. The van der Waals surface area contributed by atoms with Gasteiger partial charge in [0.15, 0.2) is 0 Å². The summed E-state index contributed by atoms with van der Waals surface area (Å²) in [6, 6.07) is 0. The molecule has 0 aromatic carbocycles. The molecule has 0 unspecified atom stereocenters. The lowest BCUT2D eigenvalue weighted by Gasteiger charge is -2.62. The van der Waals surface area contributed by atoms with Crippen LogP contribution in [0.3, 0.4) is 0 Å². The minimum absolute atomic E-state index is 0.169. The molecule has 4 aliphatic carbocycles. The molecule has 4 rings (SSSR count). The fourth-order valence-corrected chi connectivity index (χ4v) is 8.31. The number of hydrogen-bond acceptors (Lipinski definition) is 3. The smallest absolute Gasteiger partial charge is 0.0916 e. The minimum atomic E-state index is -0.753. The summed E-state index contributed by atoms with van der Waals surface area (Å²) in [5.41, 5.74) is 0.637. The monoisotopic (exact) mass is 444 g/mol. The SMILES string of the molecule is CO[C@H]1C[C@@]2(C)[C@@H](CC=C3[C@@H]4CC[C@H]([C@H](C)/C=C/[C@H](C)C(C)C)[C@@]4(C)CC[C@@]32O)C[C@@H]1O. The first-order valence-corrected chi connectivity index (χ1v) is 13.3. The van der Waals surface area contributed by atoms with Gasteiger partial charge in [0.25, 0.3) is 0 Å². The maximum absolute atomic E-state index is 12.3. The zero-order chi connectivity index (χ0) is 23.5. The van der Waals surface area contributed by atoms with Crippen LogP contribution in [-0.2, 0) is 4.74 Å². The molecule has 32 heavy (non-hydrogen) atoms. The second kappa shape index (κ2) is 8.54. The summed E-state index contributed by atoms with van der Waals surface area (Å²) in [6.07, 6.45) is 13.6. The average Bonchev–Trinajstić information content (AvgIpc) is 3.09. The molecule has 0 aliphatic heterocycles. The van der Waals surface area contributed by atoms with Crippen molar-refractivity contribution in [1.82, 2.24) is 0 Å². The van der Waals surface area contributed by atoms with Crippen LogP contribution in [0.25, 0.3) is 0 Å². The zero-order valence-corrected chi connectivity index (χ0v) is 21.6. The molecule has 3 saturated carbocycles. The van der Waals surface area contributed by atoms with Gasteiger partial charge in [0.2, 0.25) is 0 Å². The van der Waals surface area contributed by atoms with Crippen molar-refractivity contribution < 1.29 is 14.9 Å². The summed E-state index contributed by atoms with van der Waals surface area (Å²) in [6.45, 7) is 14.2. The highest BCUT2D eigenvalue weighted by Crippen LogP contribution is 2.68. The van der Waals surface area contributed by atoms with Gasteiger partial charge in [-0.1, -0.05) is 59.8 Å². The first kappa shape index (κ1) is 24.5. The number of fused-ring (bicyclic) bond motifs is 5. The molecule has 0 spiro atoms. The van der Waals surface area contributed by atoms with Crippen LogP contribution in [0.1, 0.15) is 86.5 Å². The van der Waals surface area contributed by atoms with E-state index < -0.39 is 11.7 Å². The molecule has 0 amide bonds. The van der Waals surface area contributed by atoms with Crippen LogP contribution < -0.4 is 0 Å². The number of rotatable bonds is 5. The summed E-state index contributed by atoms with van der Waals surface area (Å²) in [5, 5.41) is 22.9. The van der Waals surface area contributed by atoms with Gasteiger partial charge in [-0.15, -0.1) is 0 Å². The Morgan fingerprint density at radius 1 is 1.09 bits per heavy atom. The second-order valence-corrected chi connectivity index (χ2v) is 12.7. The van der Waals surface area contributed by atoms with E-state index in [1.165, 1.54) is 18.4 Å². The van der Waals surface area contributed by atoms with Crippen LogP contribution in [0, 0.1) is 46.3 Å². The quantitative estimate of drug-likeness (QED) is 0.500. The lowest BCUT2D eigenvalue weighted by Crippen LogP contribution is -2.63. The molecular formula is C29H48O3. The van der Waals surface area contributed by atoms with Crippen LogP contribution in [0.5, 0.6) is 0 Å². The standard InChI is InChI=1S/C29H48O3/c1-18(2)19(3)8-9-20(4)22-12-13-23-24-11-10-21-16-25(30)26(32-7)17-28(21,6)29(24,31)15-14-27(22,23)5/h8-9,11,18-23,25-26,30-31H,10,12-17H2,1-7H3/b9-8+/t19-,20+,21-,22+,23-,25-,26-,27+,28-,29+/m0/s1. The molecule has 2 N–H and O–H groups in total. The highest BCUT2D eigenvalue weighted by Gasteiger charge is 2.65. The lowest BCUT2D eigenvalue weighted by molar-refractivity contribution is -0.185. The van der Waals surface area contributed by atoms with E-state index in [9.17, 15) is 10.2 Å². The molecular weight excluding hydrogens is 396 g/mol. The van der Waals surface area contributed by atoms with Crippen LogP contribution in [0.2, 0.25) is 0 Å².